The molecule has 1 aliphatic rings. The number of aromatic nitrogens is 2. The van der Waals surface area contributed by atoms with Crippen LogP contribution >= 0.6 is 11.6 Å². The van der Waals surface area contributed by atoms with Crippen LogP contribution in [0.2, 0.25) is 5.15 Å². The fourth-order valence-corrected chi connectivity index (χ4v) is 2.41. The van der Waals surface area contributed by atoms with Crippen molar-refractivity contribution in [3.63, 3.8) is 0 Å². The summed E-state index contributed by atoms with van der Waals surface area (Å²) in [5.74, 6) is -0.385. The molecule has 0 radical (unpaired) electrons. The van der Waals surface area contributed by atoms with Crippen molar-refractivity contribution in [1.82, 2.24) is 9.55 Å². The zero-order valence-corrected chi connectivity index (χ0v) is 9.62. The predicted molar refractivity (Wildman–Crippen MR) is 55.9 cm³/mol. The third kappa shape index (κ3) is 1.35. The number of carbonyl (C=O) groups is 1. The average Bonchev–Trinajstić information content (AvgIpc) is 2.54. The molecule has 82 valence electrons. The Labute approximate surface area is 92.9 Å². The van der Waals surface area contributed by atoms with E-state index in [2.05, 4.69) is 4.98 Å². The number of imidazole rings is 1. The first kappa shape index (κ1) is 10.5. The van der Waals surface area contributed by atoms with Gasteiger partial charge in [0.2, 0.25) is 0 Å². The van der Waals surface area contributed by atoms with Crippen molar-refractivity contribution >= 4 is 17.6 Å². The second-order valence-corrected chi connectivity index (χ2v) is 5.00. The maximum atomic E-state index is 11.0. The summed E-state index contributed by atoms with van der Waals surface area (Å²) in [5, 5.41) is 9.59. The number of hydrogen-bond acceptors (Lipinski definition) is 2. The number of carboxylic acid groups (broad SMARTS) is 1. The number of carboxylic acids is 1. The third-order valence-corrected chi connectivity index (χ3v) is 3.69. The number of hydrogen-bond donors (Lipinski definition) is 1. The summed E-state index contributed by atoms with van der Waals surface area (Å²) in [5.41, 5.74) is -0.228. The van der Waals surface area contributed by atoms with Gasteiger partial charge >= 0.3 is 5.97 Å². The molecule has 1 N–H and O–H groups in total. The molecule has 0 aliphatic heterocycles. The Balaban J connectivity index is 2.35. The Morgan fingerprint density at radius 2 is 2.27 bits per heavy atom. The summed E-state index contributed by atoms with van der Waals surface area (Å²) in [7, 11) is 1.80. The van der Waals surface area contributed by atoms with Gasteiger partial charge in [0.1, 0.15) is 11.0 Å². The molecule has 4 nitrogen and oxygen atoms in total. The molecule has 1 fully saturated rings. The van der Waals surface area contributed by atoms with Gasteiger partial charge in [0.15, 0.2) is 0 Å². The van der Waals surface area contributed by atoms with Crippen molar-refractivity contribution in [3.05, 3.63) is 17.2 Å². The van der Waals surface area contributed by atoms with Crippen LogP contribution in [0.5, 0.6) is 0 Å². The Hall–Kier alpha value is -1.03. The minimum Gasteiger partial charge on any atom is -0.481 e. The first-order chi connectivity index (χ1) is 6.87. The van der Waals surface area contributed by atoms with Crippen LogP contribution in [0.15, 0.2) is 6.20 Å². The molecule has 0 amide bonds. The van der Waals surface area contributed by atoms with E-state index in [0.717, 1.165) is 5.82 Å². The summed E-state index contributed by atoms with van der Waals surface area (Å²) < 4.78 is 1.75. The Kier molecular flexibility index (Phi) is 2.08. The van der Waals surface area contributed by atoms with Crippen molar-refractivity contribution < 1.29 is 9.90 Å². The molecule has 1 saturated carbocycles. The van der Waals surface area contributed by atoms with Crippen molar-refractivity contribution in [2.45, 2.75) is 19.8 Å². The highest BCUT2D eigenvalue weighted by molar-refractivity contribution is 6.29. The number of halogens is 1. The molecule has 2 unspecified atom stereocenters. The number of rotatable bonds is 2. The van der Waals surface area contributed by atoms with Crippen LogP contribution in [-0.4, -0.2) is 20.6 Å². The SMILES string of the molecule is Cn1c(Cl)cnc1C1C(C(=O)O)C1(C)C. The molecule has 1 aliphatic carbocycles. The zero-order valence-electron chi connectivity index (χ0n) is 8.86. The van der Waals surface area contributed by atoms with Crippen LogP contribution in [0.25, 0.3) is 0 Å². The Morgan fingerprint density at radius 3 is 2.60 bits per heavy atom. The molecule has 2 rings (SSSR count). The van der Waals surface area contributed by atoms with Crippen LogP contribution in [-0.2, 0) is 11.8 Å². The van der Waals surface area contributed by atoms with Gasteiger partial charge in [-0.3, -0.25) is 4.79 Å². The highest BCUT2D eigenvalue weighted by atomic mass is 35.5. The van der Waals surface area contributed by atoms with Crippen LogP contribution in [0, 0.1) is 11.3 Å². The predicted octanol–water partition coefficient (Wildman–Crippen LogP) is 1.90. The van der Waals surface area contributed by atoms with Crippen LogP contribution in [0.3, 0.4) is 0 Å². The summed E-state index contributed by atoms with van der Waals surface area (Å²) >= 11 is 5.87. The lowest BCUT2D eigenvalue weighted by Gasteiger charge is -2.02. The monoisotopic (exact) mass is 228 g/mol. The third-order valence-electron chi connectivity index (χ3n) is 3.34. The molecule has 15 heavy (non-hydrogen) atoms. The van der Waals surface area contributed by atoms with E-state index in [-0.39, 0.29) is 17.3 Å². The van der Waals surface area contributed by atoms with Crippen molar-refractivity contribution in [3.8, 4) is 0 Å². The topological polar surface area (TPSA) is 55.1 Å². The van der Waals surface area contributed by atoms with E-state index in [4.69, 9.17) is 16.7 Å². The van der Waals surface area contributed by atoms with Gasteiger partial charge in [-0.25, -0.2) is 4.98 Å². The van der Waals surface area contributed by atoms with E-state index in [1.807, 2.05) is 13.8 Å². The summed E-state index contributed by atoms with van der Waals surface area (Å²) in [4.78, 5) is 15.2. The largest absolute Gasteiger partial charge is 0.481 e. The molecule has 5 heteroatoms. The lowest BCUT2D eigenvalue weighted by atomic mass is 10.1. The van der Waals surface area contributed by atoms with E-state index in [1.165, 1.54) is 0 Å². The van der Waals surface area contributed by atoms with Gasteiger partial charge in [0, 0.05) is 13.0 Å². The minimum absolute atomic E-state index is 0.0347. The van der Waals surface area contributed by atoms with Crippen LogP contribution in [0.1, 0.15) is 25.6 Å². The lowest BCUT2D eigenvalue weighted by molar-refractivity contribution is -0.139. The lowest BCUT2D eigenvalue weighted by Crippen LogP contribution is -2.03. The summed E-state index contributed by atoms with van der Waals surface area (Å²) in [6, 6.07) is 0. The smallest absolute Gasteiger partial charge is 0.307 e. The molecule has 0 spiro atoms. The quantitative estimate of drug-likeness (QED) is 0.841. The molecule has 0 bridgehead atoms. The van der Waals surface area contributed by atoms with Gasteiger partial charge in [-0.1, -0.05) is 25.4 Å². The van der Waals surface area contributed by atoms with Gasteiger partial charge in [-0.2, -0.15) is 0 Å². The molecular formula is C10H13ClN2O2. The molecule has 0 saturated heterocycles. The fourth-order valence-electron chi connectivity index (χ4n) is 2.27. The maximum absolute atomic E-state index is 11.0. The highest BCUT2D eigenvalue weighted by Crippen LogP contribution is 2.64. The molecule has 1 aromatic rings. The van der Waals surface area contributed by atoms with Gasteiger partial charge in [0.05, 0.1) is 12.1 Å². The molecule has 0 aromatic carbocycles. The molecule has 2 atom stereocenters. The van der Waals surface area contributed by atoms with E-state index >= 15 is 0 Å². The van der Waals surface area contributed by atoms with Crippen molar-refractivity contribution in [2.24, 2.45) is 18.4 Å². The average molecular weight is 229 g/mol. The molecule has 1 aromatic heterocycles. The normalized spacial score (nSPS) is 27.7. The van der Waals surface area contributed by atoms with E-state index in [0.29, 0.717) is 5.15 Å². The van der Waals surface area contributed by atoms with Crippen molar-refractivity contribution in [1.29, 1.82) is 0 Å². The second kappa shape index (κ2) is 2.98. The van der Waals surface area contributed by atoms with Gasteiger partial charge in [-0.05, 0) is 5.41 Å². The van der Waals surface area contributed by atoms with E-state index in [1.54, 1.807) is 17.8 Å². The Bertz CT molecular complexity index is 425. The Morgan fingerprint density at radius 1 is 1.67 bits per heavy atom. The highest BCUT2D eigenvalue weighted by Gasteiger charge is 2.64. The zero-order chi connectivity index (χ0) is 11.4. The maximum Gasteiger partial charge on any atom is 0.307 e. The van der Waals surface area contributed by atoms with Crippen LogP contribution in [0.4, 0.5) is 0 Å². The molecular weight excluding hydrogens is 216 g/mol. The minimum atomic E-state index is -0.760. The molecule has 1 heterocycles. The van der Waals surface area contributed by atoms with E-state index in [9.17, 15) is 4.79 Å². The van der Waals surface area contributed by atoms with Crippen molar-refractivity contribution in [2.75, 3.05) is 0 Å². The van der Waals surface area contributed by atoms with Gasteiger partial charge in [-0.15, -0.1) is 0 Å². The van der Waals surface area contributed by atoms with Crippen LogP contribution < -0.4 is 0 Å². The number of aliphatic carboxylic acids is 1. The first-order valence-corrected chi connectivity index (χ1v) is 5.15. The van der Waals surface area contributed by atoms with E-state index < -0.39 is 5.97 Å². The summed E-state index contributed by atoms with van der Waals surface area (Å²) in [6.45, 7) is 3.89. The van der Waals surface area contributed by atoms with Gasteiger partial charge < -0.3 is 9.67 Å². The second-order valence-electron chi connectivity index (χ2n) is 4.61. The fraction of sp³-hybridized carbons (Fsp3) is 0.600. The number of nitrogens with zero attached hydrogens (tertiary/aromatic N) is 2. The van der Waals surface area contributed by atoms with Gasteiger partial charge in [0.25, 0.3) is 0 Å². The summed E-state index contributed by atoms with van der Waals surface area (Å²) in [6.07, 6.45) is 1.56. The standard InChI is InChI=1S/C10H13ClN2O2/c1-10(2)6(7(10)9(14)15)8-12-4-5(11)13(8)3/h4,6-7H,1-3H3,(H,14,15). The first-order valence-electron chi connectivity index (χ1n) is 4.77.